The van der Waals surface area contributed by atoms with Gasteiger partial charge in [-0.15, -0.1) is 15.3 Å². The highest BCUT2D eigenvalue weighted by molar-refractivity contribution is 7.98. The van der Waals surface area contributed by atoms with Gasteiger partial charge in [0.25, 0.3) is 5.56 Å². The molecule has 0 bridgehead atoms. The van der Waals surface area contributed by atoms with Crippen LogP contribution in [-0.2, 0) is 19.3 Å². The summed E-state index contributed by atoms with van der Waals surface area (Å²) >= 11 is 1.49. The third kappa shape index (κ3) is 2.58. The minimum absolute atomic E-state index is 0.0843. The molecule has 0 aliphatic carbocycles. The smallest absolute Gasteiger partial charge is 0.262 e. The van der Waals surface area contributed by atoms with Gasteiger partial charge >= 0.3 is 0 Å². The van der Waals surface area contributed by atoms with Crippen LogP contribution in [0.1, 0.15) is 19.2 Å². The first-order valence-corrected chi connectivity index (χ1v) is 8.90. The van der Waals surface area contributed by atoms with Gasteiger partial charge in [-0.05, 0) is 29.0 Å². The summed E-state index contributed by atoms with van der Waals surface area (Å²) in [5.74, 6) is 1.88. The number of thioether (sulfide) groups is 1. The van der Waals surface area contributed by atoms with Gasteiger partial charge in [-0.1, -0.05) is 30.8 Å². The summed E-state index contributed by atoms with van der Waals surface area (Å²) in [6.45, 7) is 2.86. The van der Waals surface area contributed by atoms with Crippen molar-refractivity contribution in [1.29, 1.82) is 0 Å². The molecule has 0 amide bonds. The van der Waals surface area contributed by atoms with E-state index in [1.54, 1.807) is 11.7 Å². The molecule has 4 aromatic rings. The van der Waals surface area contributed by atoms with Crippen molar-refractivity contribution in [2.45, 2.75) is 30.8 Å². The lowest BCUT2D eigenvalue weighted by atomic mass is 10.2. The van der Waals surface area contributed by atoms with Crippen molar-refractivity contribution < 1.29 is 0 Å². The van der Waals surface area contributed by atoms with Crippen molar-refractivity contribution in [3.8, 4) is 0 Å². The fourth-order valence-electron chi connectivity index (χ4n) is 2.75. The fraction of sp³-hybridized carbons (Fsp3) is 0.333. The average molecular weight is 356 g/mol. The lowest BCUT2D eigenvalue weighted by Gasteiger charge is -2.07. The first kappa shape index (κ1) is 15.8. The van der Waals surface area contributed by atoms with E-state index in [4.69, 9.17) is 0 Å². The van der Waals surface area contributed by atoms with Gasteiger partial charge in [-0.3, -0.25) is 13.8 Å². The predicted octanol–water partition coefficient (Wildman–Crippen LogP) is 1.27. The number of tetrazole rings is 1. The number of nitrogens with zero attached hydrogens (tertiary/aromatic N) is 8. The molecule has 9 nitrogen and oxygen atoms in total. The molecule has 0 aliphatic heterocycles. The van der Waals surface area contributed by atoms with Crippen LogP contribution in [0, 0.1) is 0 Å². The van der Waals surface area contributed by atoms with Crippen molar-refractivity contribution in [2.75, 3.05) is 0 Å². The summed E-state index contributed by atoms with van der Waals surface area (Å²) < 4.78 is 5.21. The molecule has 10 heteroatoms. The second-order valence-electron chi connectivity index (χ2n) is 5.61. The number of fused-ring (bicyclic) bond motifs is 3. The summed E-state index contributed by atoms with van der Waals surface area (Å²) in [5.41, 5.74) is 0.709. The number of rotatable bonds is 5. The number of benzene rings is 1. The van der Waals surface area contributed by atoms with Crippen LogP contribution in [0.25, 0.3) is 16.7 Å². The molecule has 0 N–H and O–H groups in total. The predicted molar refractivity (Wildman–Crippen MR) is 93.4 cm³/mol. The Bertz CT molecular complexity index is 1110. The van der Waals surface area contributed by atoms with Gasteiger partial charge in [0, 0.05) is 13.6 Å². The van der Waals surface area contributed by atoms with E-state index in [0.29, 0.717) is 22.1 Å². The minimum Gasteiger partial charge on any atom is -0.279 e. The molecule has 0 saturated carbocycles. The van der Waals surface area contributed by atoms with Crippen LogP contribution >= 0.6 is 11.8 Å². The van der Waals surface area contributed by atoms with Crippen LogP contribution in [0.2, 0.25) is 0 Å². The van der Waals surface area contributed by atoms with Crippen LogP contribution in [0.3, 0.4) is 0 Å². The van der Waals surface area contributed by atoms with Crippen LogP contribution in [0.15, 0.2) is 34.2 Å². The Morgan fingerprint density at radius 2 is 2.00 bits per heavy atom. The lowest BCUT2D eigenvalue weighted by molar-refractivity contribution is 0.564. The van der Waals surface area contributed by atoms with Gasteiger partial charge in [0.1, 0.15) is 0 Å². The van der Waals surface area contributed by atoms with Gasteiger partial charge in [-0.2, -0.15) is 0 Å². The SMILES string of the molecule is CCCn1nnnc1CSc1nnc2n(C)c(=O)c3ccccc3n12. The Labute approximate surface area is 146 Å². The lowest BCUT2D eigenvalue weighted by Crippen LogP contribution is -2.20. The number of hydrogen-bond acceptors (Lipinski definition) is 7. The molecule has 1 aromatic carbocycles. The van der Waals surface area contributed by atoms with E-state index in [9.17, 15) is 4.79 Å². The van der Waals surface area contributed by atoms with E-state index in [0.717, 1.165) is 24.3 Å². The van der Waals surface area contributed by atoms with Crippen molar-refractivity contribution in [1.82, 2.24) is 39.4 Å². The van der Waals surface area contributed by atoms with Gasteiger partial charge in [-0.25, -0.2) is 4.68 Å². The number of aryl methyl sites for hydroxylation is 2. The third-order valence-corrected chi connectivity index (χ3v) is 4.89. The molecule has 25 heavy (non-hydrogen) atoms. The summed E-state index contributed by atoms with van der Waals surface area (Å²) in [6, 6.07) is 7.47. The van der Waals surface area contributed by atoms with Crippen LogP contribution in [0.4, 0.5) is 0 Å². The van der Waals surface area contributed by atoms with E-state index >= 15 is 0 Å². The zero-order valence-electron chi connectivity index (χ0n) is 13.8. The fourth-order valence-corrected chi connectivity index (χ4v) is 3.62. The number of hydrogen-bond donors (Lipinski definition) is 0. The Kier molecular flexibility index (Phi) is 3.96. The Morgan fingerprint density at radius 3 is 2.84 bits per heavy atom. The molecule has 0 spiro atoms. The molecule has 0 saturated heterocycles. The first-order valence-electron chi connectivity index (χ1n) is 7.91. The topological polar surface area (TPSA) is 95.8 Å². The molecule has 4 rings (SSSR count). The molecule has 3 aromatic heterocycles. The van der Waals surface area contributed by atoms with Crippen LogP contribution in [0.5, 0.6) is 0 Å². The maximum absolute atomic E-state index is 12.5. The molecule has 0 fully saturated rings. The maximum Gasteiger partial charge on any atom is 0.262 e. The Hall–Kier alpha value is -2.75. The van der Waals surface area contributed by atoms with Crippen LogP contribution in [-0.4, -0.2) is 39.4 Å². The molecule has 0 aliphatic rings. The zero-order chi connectivity index (χ0) is 17.4. The highest BCUT2D eigenvalue weighted by Gasteiger charge is 2.16. The van der Waals surface area contributed by atoms with E-state index in [1.807, 2.05) is 28.7 Å². The monoisotopic (exact) mass is 356 g/mol. The maximum atomic E-state index is 12.5. The first-order chi connectivity index (χ1) is 12.2. The van der Waals surface area contributed by atoms with Crippen LogP contribution < -0.4 is 5.56 Å². The van der Waals surface area contributed by atoms with Crippen molar-refractivity contribution in [3.63, 3.8) is 0 Å². The second kappa shape index (κ2) is 6.28. The quantitative estimate of drug-likeness (QED) is 0.497. The zero-order valence-corrected chi connectivity index (χ0v) is 14.6. The average Bonchev–Trinajstić information content (AvgIpc) is 3.25. The molecular formula is C15H16N8OS. The van der Waals surface area contributed by atoms with E-state index in [-0.39, 0.29) is 5.56 Å². The summed E-state index contributed by atoms with van der Waals surface area (Å²) in [5, 5.41) is 21.6. The highest BCUT2D eigenvalue weighted by Crippen LogP contribution is 2.23. The normalized spacial score (nSPS) is 11.6. The molecule has 3 heterocycles. The number of aromatic nitrogens is 8. The van der Waals surface area contributed by atoms with Crippen molar-refractivity contribution in [2.24, 2.45) is 7.05 Å². The summed E-state index contributed by atoms with van der Waals surface area (Å²) in [6.07, 6.45) is 0.962. The minimum atomic E-state index is -0.0843. The Balaban J connectivity index is 1.78. The molecule has 0 atom stereocenters. The summed E-state index contributed by atoms with van der Waals surface area (Å²) in [4.78, 5) is 12.5. The molecule has 128 valence electrons. The second-order valence-corrected chi connectivity index (χ2v) is 6.55. The largest absolute Gasteiger partial charge is 0.279 e. The van der Waals surface area contributed by atoms with E-state index in [1.165, 1.54) is 16.3 Å². The van der Waals surface area contributed by atoms with E-state index in [2.05, 4.69) is 32.6 Å². The van der Waals surface area contributed by atoms with Crippen molar-refractivity contribution >= 4 is 28.4 Å². The van der Waals surface area contributed by atoms with Crippen molar-refractivity contribution in [3.05, 3.63) is 40.4 Å². The van der Waals surface area contributed by atoms with Gasteiger partial charge in [0.15, 0.2) is 11.0 Å². The van der Waals surface area contributed by atoms with Gasteiger partial charge in [0.05, 0.1) is 16.7 Å². The summed E-state index contributed by atoms with van der Waals surface area (Å²) in [7, 11) is 1.70. The standard InChI is InChI=1S/C15H16N8OS/c1-3-8-22-12(16-19-20-22)9-25-15-18-17-14-21(2)13(24)10-6-4-5-7-11(10)23(14)15/h4-7H,3,8-9H2,1-2H3. The highest BCUT2D eigenvalue weighted by atomic mass is 32.2. The Morgan fingerprint density at radius 1 is 1.16 bits per heavy atom. The third-order valence-electron chi connectivity index (χ3n) is 3.97. The molecule has 0 radical (unpaired) electrons. The molecular weight excluding hydrogens is 340 g/mol. The van der Waals surface area contributed by atoms with Gasteiger partial charge < -0.3 is 0 Å². The number of para-hydroxylation sites is 1. The van der Waals surface area contributed by atoms with Gasteiger partial charge in [0.2, 0.25) is 5.78 Å². The van der Waals surface area contributed by atoms with E-state index < -0.39 is 0 Å². The molecule has 0 unspecified atom stereocenters.